The van der Waals surface area contributed by atoms with Gasteiger partial charge in [0.05, 0.1) is 25.5 Å². The van der Waals surface area contributed by atoms with Crippen molar-refractivity contribution in [1.29, 1.82) is 0 Å². The van der Waals surface area contributed by atoms with E-state index in [-0.39, 0.29) is 0 Å². The zero-order valence-electron chi connectivity index (χ0n) is 11.3. The standard InChI is InChI=1S/C14H19N3O2/c1-3-14(18)13-10-17(16-15-13)9-11-5-7-12(8-6-11)19-4-2/h5-8,10,14,18H,3-4,9H2,1-2H3. The lowest BCUT2D eigenvalue weighted by atomic mass is 10.2. The Morgan fingerprint density at radius 2 is 2.00 bits per heavy atom. The molecule has 1 aromatic carbocycles. The highest BCUT2D eigenvalue weighted by Crippen LogP contribution is 2.15. The third-order valence-electron chi connectivity index (χ3n) is 2.86. The van der Waals surface area contributed by atoms with Crippen molar-refractivity contribution in [3.8, 4) is 5.75 Å². The Morgan fingerprint density at radius 1 is 1.26 bits per heavy atom. The maximum Gasteiger partial charge on any atom is 0.119 e. The number of aliphatic hydroxyl groups is 1. The molecule has 2 aromatic rings. The van der Waals surface area contributed by atoms with Gasteiger partial charge in [0.2, 0.25) is 0 Å². The molecule has 0 aliphatic carbocycles. The molecule has 0 saturated carbocycles. The number of hydrogen-bond donors (Lipinski definition) is 1. The van der Waals surface area contributed by atoms with Crippen molar-refractivity contribution in [1.82, 2.24) is 15.0 Å². The van der Waals surface area contributed by atoms with Crippen LogP contribution >= 0.6 is 0 Å². The van der Waals surface area contributed by atoms with Crippen LogP contribution in [0.2, 0.25) is 0 Å². The van der Waals surface area contributed by atoms with Gasteiger partial charge in [0, 0.05) is 0 Å². The van der Waals surface area contributed by atoms with Gasteiger partial charge >= 0.3 is 0 Å². The average Bonchev–Trinajstić information content (AvgIpc) is 2.89. The van der Waals surface area contributed by atoms with Crippen LogP contribution < -0.4 is 4.74 Å². The molecule has 0 fully saturated rings. The molecule has 1 heterocycles. The number of aromatic nitrogens is 3. The summed E-state index contributed by atoms with van der Waals surface area (Å²) in [4.78, 5) is 0. The van der Waals surface area contributed by atoms with Crippen molar-refractivity contribution < 1.29 is 9.84 Å². The van der Waals surface area contributed by atoms with E-state index in [2.05, 4.69) is 10.3 Å². The first kappa shape index (κ1) is 13.5. The summed E-state index contributed by atoms with van der Waals surface area (Å²) in [6, 6.07) is 7.89. The zero-order chi connectivity index (χ0) is 13.7. The van der Waals surface area contributed by atoms with Gasteiger partial charge in [0.15, 0.2) is 0 Å². The summed E-state index contributed by atoms with van der Waals surface area (Å²) in [6.07, 6.45) is 1.89. The van der Waals surface area contributed by atoms with Gasteiger partial charge in [0.1, 0.15) is 11.4 Å². The summed E-state index contributed by atoms with van der Waals surface area (Å²) in [5.41, 5.74) is 1.74. The molecule has 19 heavy (non-hydrogen) atoms. The molecule has 1 aromatic heterocycles. The summed E-state index contributed by atoms with van der Waals surface area (Å²) in [6.45, 7) is 5.18. The number of aliphatic hydroxyl groups excluding tert-OH is 1. The number of benzene rings is 1. The second kappa shape index (κ2) is 6.33. The minimum atomic E-state index is -0.533. The van der Waals surface area contributed by atoms with E-state index in [1.54, 1.807) is 10.9 Å². The predicted molar refractivity (Wildman–Crippen MR) is 72.0 cm³/mol. The Kier molecular flexibility index (Phi) is 4.52. The van der Waals surface area contributed by atoms with Crippen LogP contribution in [-0.2, 0) is 6.54 Å². The smallest absolute Gasteiger partial charge is 0.119 e. The third-order valence-corrected chi connectivity index (χ3v) is 2.86. The molecule has 2 rings (SSSR count). The number of ether oxygens (including phenoxy) is 1. The summed E-state index contributed by atoms with van der Waals surface area (Å²) < 4.78 is 7.12. The first-order valence-corrected chi connectivity index (χ1v) is 6.52. The van der Waals surface area contributed by atoms with Gasteiger partial charge in [-0.3, -0.25) is 0 Å². The fourth-order valence-electron chi connectivity index (χ4n) is 1.80. The molecular weight excluding hydrogens is 242 g/mol. The minimum Gasteiger partial charge on any atom is -0.494 e. The molecule has 1 unspecified atom stereocenters. The third kappa shape index (κ3) is 3.54. The topological polar surface area (TPSA) is 60.2 Å². The van der Waals surface area contributed by atoms with Gasteiger partial charge in [-0.05, 0) is 31.0 Å². The van der Waals surface area contributed by atoms with E-state index < -0.39 is 6.10 Å². The van der Waals surface area contributed by atoms with Crippen LogP contribution in [0.3, 0.4) is 0 Å². The van der Waals surface area contributed by atoms with Crippen molar-refractivity contribution in [2.24, 2.45) is 0 Å². The predicted octanol–water partition coefficient (Wildman–Crippen LogP) is 2.17. The highest BCUT2D eigenvalue weighted by atomic mass is 16.5. The van der Waals surface area contributed by atoms with Crippen LogP contribution in [-0.4, -0.2) is 26.7 Å². The molecule has 1 N–H and O–H groups in total. The molecule has 0 bridgehead atoms. The van der Waals surface area contributed by atoms with Crippen molar-refractivity contribution in [2.45, 2.75) is 32.9 Å². The van der Waals surface area contributed by atoms with E-state index in [0.29, 0.717) is 25.3 Å². The van der Waals surface area contributed by atoms with Gasteiger partial charge in [-0.25, -0.2) is 4.68 Å². The lowest BCUT2D eigenvalue weighted by Crippen LogP contribution is -2.00. The molecule has 0 amide bonds. The molecular formula is C14H19N3O2. The Morgan fingerprint density at radius 3 is 2.63 bits per heavy atom. The van der Waals surface area contributed by atoms with Crippen molar-refractivity contribution in [2.75, 3.05) is 6.61 Å². The quantitative estimate of drug-likeness (QED) is 0.865. The van der Waals surface area contributed by atoms with E-state index in [1.165, 1.54) is 0 Å². The Hall–Kier alpha value is -1.88. The molecule has 0 radical (unpaired) electrons. The fourth-order valence-corrected chi connectivity index (χ4v) is 1.80. The SMILES string of the molecule is CCOc1ccc(Cn2cc(C(O)CC)nn2)cc1. The second-order valence-corrected chi connectivity index (χ2v) is 4.34. The van der Waals surface area contributed by atoms with Crippen LogP contribution in [0.25, 0.3) is 0 Å². The summed E-state index contributed by atoms with van der Waals surface area (Å²) in [7, 11) is 0. The molecule has 0 aliphatic heterocycles. The molecule has 102 valence electrons. The van der Waals surface area contributed by atoms with Crippen molar-refractivity contribution in [3.05, 3.63) is 41.7 Å². The van der Waals surface area contributed by atoms with Crippen LogP contribution in [0.4, 0.5) is 0 Å². The monoisotopic (exact) mass is 261 g/mol. The van der Waals surface area contributed by atoms with Crippen LogP contribution in [0, 0.1) is 0 Å². The average molecular weight is 261 g/mol. The first-order valence-electron chi connectivity index (χ1n) is 6.52. The lowest BCUT2D eigenvalue weighted by molar-refractivity contribution is 0.168. The fraction of sp³-hybridized carbons (Fsp3) is 0.429. The molecule has 5 heteroatoms. The van der Waals surface area contributed by atoms with Crippen LogP contribution in [0.5, 0.6) is 5.75 Å². The van der Waals surface area contributed by atoms with Gasteiger partial charge < -0.3 is 9.84 Å². The maximum atomic E-state index is 9.67. The second-order valence-electron chi connectivity index (χ2n) is 4.34. The van der Waals surface area contributed by atoms with E-state index in [4.69, 9.17) is 4.74 Å². The van der Waals surface area contributed by atoms with E-state index in [1.807, 2.05) is 38.1 Å². The van der Waals surface area contributed by atoms with E-state index >= 15 is 0 Å². The maximum absolute atomic E-state index is 9.67. The normalized spacial score (nSPS) is 12.4. The summed E-state index contributed by atoms with van der Waals surface area (Å²) >= 11 is 0. The van der Waals surface area contributed by atoms with Gasteiger partial charge in [0.25, 0.3) is 0 Å². The van der Waals surface area contributed by atoms with E-state index in [9.17, 15) is 5.11 Å². The van der Waals surface area contributed by atoms with E-state index in [0.717, 1.165) is 11.3 Å². The summed E-state index contributed by atoms with van der Waals surface area (Å²) in [5.74, 6) is 0.868. The number of nitrogens with zero attached hydrogens (tertiary/aromatic N) is 3. The largest absolute Gasteiger partial charge is 0.494 e. The molecule has 5 nitrogen and oxygen atoms in total. The molecule has 1 atom stereocenters. The molecule has 0 saturated heterocycles. The Balaban J connectivity index is 2.02. The molecule has 0 aliphatic rings. The highest BCUT2D eigenvalue weighted by molar-refractivity contribution is 5.27. The number of rotatable bonds is 6. The Bertz CT molecular complexity index is 508. The summed E-state index contributed by atoms with van der Waals surface area (Å²) in [5, 5.41) is 17.7. The van der Waals surface area contributed by atoms with Crippen molar-refractivity contribution in [3.63, 3.8) is 0 Å². The highest BCUT2D eigenvalue weighted by Gasteiger charge is 2.09. The van der Waals surface area contributed by atoms with Gasteiger partial charge in [-0.1, -0.05) is 24.3 Å². The van der Waals surface area contributed by atoms with Crippen LogP contribution in [0.15, 0.2) is 30.5 Å². The first-order chi connectivity index (χ1) is 9.22. The molecule has 0 spiro atoms. The minimum absolute atomic E-state index is 0.533. The van der Waals surface area contributed by atoms with Gasteiger partial charge in [-0.15, -0.1) is 5.10 Å². The Labute approximate surface area is 112 Å². The lowest BCUT2D eigenvalue weighted by Gasteiger charge is -2.05. The van der Waals surface area contributed by atoms with Gasteiger partial charge in [-0.2, -0.15) is 0 Å². The zero-order valence-corrected chi connectivity index (χ0v) is 11.3. The van der Waals surface area contributed by atoms with Crippen molar-refractivity contribution >= 4 is 0 Å². The number of hydrogen-bond acceptors (Lipinski definition) is 4. The van der Waals surface area contributed by atoms with Crippen LogP contribution in [0.1, 0.15) is 37.6 Å².